The van der Waals surface area contributed by atoms with Crippen LogP contribution in [0.3, 0.4) is 0 Å². The molecule has 0 aliphatic rings. The Balaban J connectivity index is 4.06. The Hall–Kier alpha value is -0.0800. The van der Waals surface area contributed by atoms with E-state index in [2.05, 4.69) is 53.8 Å². The van der Waals surface area contributed by atoms with E-state index in [0.717, 1.165) is 19.6 Å². The van der Waals surface area contributed by atoms with Gasteiger partial charge in [0.2, 0.25) is 0 Å². The molecule has 0 aliphatic carbocycles. The largest absolute Gasteiger partial charge is 0.376 e. The summed E-state index contributed by atoms with van der Waals surface area (Å²) in [7, 11) is 0. The molecular formula is C15H33NO. The summed E-state index contributed by atoms with van der Waals surface area (Å²) in [5.41, 5.74) is -0.0123. The lowest BCUT2D eigenvalue weighted by atomic mass is 9.86. The summed E-state index contributed by atoms with van der Waals surface area (Å²) in [6.45, 7) is 17.5. The van der Waals surface area contributed by atoms with Gasteiger partial charge >= 0.3 is 0 Å². The highest BCUT2D eigenvalue weighted by molar-refractivity contribution is 4.75. The van der Waals surface area contributed by atoms with Gasteiger partial charge in [-0.15, -0.1) is 0 Å². The minimum atomic E-state index is -0.0123. The Morgan fingerprint density at radius 1 is 1.12 bits per heavy atom. The quantitative estimate of drug-likeness (QED) is 0.699. The second-order valence-corrected chi connectivity index (χ2v) is 6.40. The van der Waals surface area contributed by atoms with E-state index in [1.807, 2.05) is 0 Å². The number of ether oxygens (including phenoxy) is 1. The third-order valence-corrected chi connectivity index (χ3v) is 3.20. The standard InChI is InChI=1S/C15H33NO/c1-8-10-16-13(4)14(12(2)3)9-11-17-15(5,6)7/h12-14,16H,8-11H2,1-7H3. The first-order valence-electron chi connectivity index (χ1n) is 7.15. The lowest BCUT2D eigenvalue weighted by molar-refractivity contribution is -0.0135. The van der Waals surface area contributed by atoms with E-state index in [1.54, 1.807) is 0 Å². The van der Waals surface area contributed by atoms with Crippen LogP contribution in [-0.4, -0.2) is 24.8 Å². The molecule has 2 heteroatoms. The number of rotatable bonds is 8. The van der Waals surface area contributed by atoms with Gasteiger partial charge in [0, 0.05) is 12.6 Å². The van der Waals surface area contributed by atoms with Crippen LogP contribution in [0.2, 0.25) is 0 Å². The van der Waals surface area contributed by atoms with Crippen molar-refractivity contribution < 1.29 is 4.74 Å². The summed E-state index contributed by atoms with van der Waals surface area (Å²) in [6, 6.07) is 0.582. The average molecular weight is 243 g/mol. The fourth-order valence-electron chi connectivity index (χ4n) is 2.19. The molecule has 2 nitrogen and oxygen atoms in total. The molecule has 0 rings (SSSR count). The zero-order valence-corrected chi connectivity index (χ0v) is 13.0. The first-order valence-corrected chi connectivity index (χ1v) is 7.15. The molecule has 104 valence electrons. The van der Waals surface area contributed by atoms with Crippen LogP contribution < -0.4 is 5.32 Å². The molecule has 0 aromatic rings. The van der Waals surface area contributed by atoms with E-state index >= 15 is 0 Å². The SMILES string of the molecule is CCCNC(C)C(CCOC(C)(C)C)C(C)C. The summed E-state index contributed by atoms with van der Waals surface area (Å²) in [6.07, 6.45) is 2.35. The van der Waals surface area contributed by atoms with Crippen LogP contribution in [0.15, 0.2) is 0 Å². The van der Waals surface area contributed by atoms with Crippen LogP contribution in [0.4, 0.5) is 0 Å². The van der Waals surface area contributed by atoms with Gasteiger partial charge in [0.05, 0.1) is 5.60 Å². The monoisotopic (exact) mass is 243 g/mol. The topological polar surface area (TPSA) is 21.3 Å². The van der Waals surface area contributed by atoms with Crippen molar-refractivity contribution in [3.05, 3.63) is 0 Å². The molecule has 1 N–H and O–H groups in total. The summed E-state index contributed by atoms with van der Waals surface area (Å²) in [5, 5.41) is 3.61. The van der Waals surface area contributed by atoms with Gasteiger partial charge in [-0.2, -0.15) is 0 Å². The Kier molecular flexibility index (Phi) is 8.06. The lowest BCUT2D eigenvalue weighted by Gasteiger charge is -2.30. The zero-order chi connectivity index (χ0) is 13.5. The van der Waals surface area contributed by atoms with Crippen LogP contribution >= 0.6 is 0 Å². The third-order valence-electron chi connectivity index (χ3n) is 3.20. The summed E-state index contributed by atoms with van der Waals surface area (Å²) in [5.74, 6) is 1.40. The first kappa shape index (κ1) is 16.9. The van der Waals surface area contributed by atoms with Crippen molar-refractivity contribution in [2.45, 2.75) is 73.0 Å². The molecule has 0 radical (unpaired) electrons. The molecule has 0 heterocycles. The van der Waals surface area contributed by atoms with E-state index in [9.17, 15) is 0 Å². The molecule has 2 unspecified atom stereocenters. The van der Waals surface area contributed by atoms with Crippen LogP contribution in [0.25, 0.3) is 0 Å². The molecule has 2 atom stereocenters. The van der Waals surface area contributed by atoms with Crippen molar-refractivity contribution in [2.24, 2.45) is 11.8 Å². The lowest BCUT2D eigenvalue weighted by Crippen LogP contribution is -2.37. The minimum absolute atomic E-state index is 0.0123. The molecule has 0 bridgehead atoms. The van der Waals surface area contributed by atoms with Gasteiger partial charge in [0.1, 0.15) is 0 Å². The van der Waals surface area contributed by atoms with Crippen LogP contribution in [0.5, 0.6) is 0 Å². The second kappa shape index (κ2) is 8.10. The highest BCUT2D eigenvalue weighted by Crippen LogP contribution is 2.21. The zero-order valence-electron chi connectivity index (χ0n) is 13.0. The van der Waals surface area contributed by atoms with Crippen molar-refractivity contribution in [1.29, 1.82) is 0 Å². The molecule has 0 saturated heterocycles. The fraction of sp³-hybridized carbons (Fsp3) is 1.00. The van der Waals surface area contributed by atoms with Gasteiger partial charge in [-0.3, -0.25) is 0 Å². The van der Waals surface area contributed by atoms with Gasteiger partial charge < -0.3 is 10.1 Å². The number of nitrogens with one attached hydrogen (secondary N) is 1. The molecule has 17 heavy (non-hydrogen) atoms. The van der Waals surface area contributed by atoms with Crippen molar-refractivity contribution in [2.75, 3.05) is 13.2 Å². The smallest absolute Gasteiger partial charge is 0.0598 e. The van der Waals surface area contributed by atoms with Gasteiger partial charge in [-0.25, -0.2) is 0 Å². The van der Waals surface area contributed by atoms with Crippen LogP contribution in [0, 0.1) is 11.8 Å². The maximum absolute atomic E-state index is 5.84. The van der Waals surface area contributed by atoms with Gasteiger partial charge in [0.15, 0.2) is 0 Å². The average Bonchev–Trinajstić information content (AvgIpc) is 2.19. The molecule has 0 aromatic carbocycles. The van der Waals surface area contributed by atoms with E-state index in [0.29, 0.717) is 17.9 Å². The van der Waals surface area contributed by atoms with Crippen molar-refractivity contribution in [3.8, 4) is 0 Å². The van der Waals surface area contributed by atoms with Gasteiger partial charge in [-0.1, -0.05) is 20.8 Å². The maximum Gasteiger partial charge on any atom is 0.0598 e. The van der Waals surface area contributed by atoms with E-state index < -0.39 is 0 Å². The molecule has 0 fully saturated rings. The second-order valence-electron chi connectivity index (χ2n) is 6.40. The van der Waals surface area contributed by atoms with Crippen LogP contribution in [-0.2, 0) is 4.74 Å². The Labute approximate surface area is 109 Å². The third kappa shape index (κ3) is 8.62. The normalized spacial score (nSPS) is 16.2. The first-order chi connectivity index (χ1) is 7.78. The predicted molar refractivity (Wildman–Crippen MR) is 76.4 cm³/mol. The molecule has 0 aromatic heterocycles. The molecule has 0 aliphatic heterocycles. The predicted octanol–water partition coefficient (Wildman–Crippen LogP) is 3.85. The Morgan fingerprint density at radius 2 is 1.71 bits per heavy atom. The van der Waals surface area contributed by atoms with E-state index in [4.69, 9.17) is 4.74 Å². The number of hydrogen-bond acceptors (Lipinski definition) is 2. The van der Waals surface area contributed by atoms with Crippen molar-refractivity contribution >= 4 is 0 Å². The summed E-state index contributed by atoms with van der Waals surface area (Å²) >= 11 is 0. The minimum Gasteiger partial charge on any atom is -0.376 e. The molecular weight excluding hydrogens is 210 g/mol. The van der Waals surface area contributed by atoms with Gasteiger partial charge in [-0.05, 0) is 58.9 Å². The number of hydrogen-bond donors (Lipinski definition) is 1. The molecule has 0 saturated carbocycles. The summed E-state index contributed by atoms with van der Waals surface area (Å²) in [4.78, 5) is 0. The van der Waals surface area contributed by atoms with E-state index in [-0.39, 0.29) is 5.60 Å². The fourth-order valence-corrected chi connectivity index (χ4v) is 2.19. The summed E-state index contributed by atoms with van der Waals surface area (Å²) < 4.78 is 5.84. The van der Waals surface area contributed by atoms with E-state index in [1.165, 1.54) is 6.42 Å². The van der Waals surface area contributed by atoms with Crippen molar-refractivity contribution in [1.82, 2.24) is 5.32 Å². The maximum atomic E-state index is 5.84. The molecule has 0 spiro atoms. The molecule has 0 amide bonds. The Morgan fingerprint density at radius 3 is 2.12 bits per heavy atom. The highest BCUT2D eigenvalue weighted by atomic mass is 16.5. The Bertz CT molecular complexity index is 184. The van der Waals surface area contributed by atoms with Crippen LogP contribution in [0.1, 0.15) is 61.3 Å². The van der Waals surface area contributed by atoms with Gasteiger partial charge in [0.25, 0.3) is 0 Å². The highest BCUT2D eigenvalue weighted by Gasteiger charge is 2.21. The van der Waals surface area contributed by atoms with Crippen molar-refractivity contribution in [3.63, 3.8) is 0 Å².